The lowest BCUT2D eigenvalue weighted by Crippen LogP contribution is -2.54. The van der Waals surface area contributed by atoms with Gasteiger partial charge in [-0.3, -0.25) is 24.6 Å². The maximum absolute atomic E-state index is 14.2. The number of nitrogens with one attached hydrogen (secondary N) is 1. The molecule has 0 aromatic heterocycles. The fourth-order valence-corrected chi connectivity index (χ4v) is 3.75. The summed E-state index contributed by atoms with van der Waals surface area (Å²) in [7, 11) is 0. The van der Waals surface area contributed by atoms with E-state index in [0.29, 0.717) is 5.01 Å². The molecule has 1 aliphatic heterocycles. The Morgan fingerprint density at radius 3 is 2.18 bits per heavy atom. The van der Waals surface area contributed by atoms with Crippen LogP contribution in [0.15, 0.2) is 72.8 Å². The lowest BCUT2D eigenvalue weighted by molar-refractivity contribution is -0.122. The van der Waals surface area contributed by atoms with Crippen LogP contribution in [0, 0.1) is 11.6 Å². The Hall–Kier alpha value is -4.11. The predicted octanol–water partition coefficient (Wildman–Crippen LogP) is 3.74. The van der Waals surface area contributed by atoms with Crippen molar-refractivity contribution in [2.24, 2.45) is 0 Å². The van der Waals surface area contributed by atoms with E-state index >= 15 is 0 Å². The molecule has 1 N–H and O–H groups in total. The van der Waals surface area contributed by atoms with Crippen molar-refractivity contribution in [2.75, 3.05) is 4.90 Å². The number of imide groups is 1. The van der Waals surface area contributed by atoms with Crippen LogP contribution in [0.4, 0.5) is 14.5 Å². The van der Waals surface area contributed by atoms with Gasteiger partial charge in [-0.15, -0.1) is 0 Å². The molecule has 10 heteroatoms. The van der Waals surface area contributed by atoms with E-state index in [2.05, 4.69) is 5.43 Å². The highest BCUT2D eigenvalue weighted by molar-refractivity contribution is 6.34. The fourth-order valence-electron chi connectivity index (χ4n) is 3.53. The zero-order valence-electron chi connectivity index (χ0n) is 17.4. The van der Waals surface area contributed by atoms with Gasteiger partial charge in [0.05, 0.1) is 28.3 Å². The van der Waals surface area contributed by atoms with Crippen molar-refractivity contribution in [1.29, 1.82) is 0 Å². The fraction of sp³-hybridized carbons (Fsp3) is 0.0833. The molecule has 172 valence electrons. The van der Waals surface area contributed by atoms with Crippen molar-refractivity contribution >= 4 is 40.9 Å². The summed E-state index contributed by atoms with van der Waals surface area (Å²) in [5.74, 6) is -4.77. The summed E-state index contributed by atoms with van der Waals surface area (Å²) in [4.78, 5) is 52.8. The summed E-state index contributed by atoms with van der Waals surface area (Å²) in [6, 6.07) is 14.2. The van der Waals surface area contributed by atoms with Crippen LogP contribution >= 0.6 is 11.6 Å². The van der Waals surface area contributed by atoms with E-state index in [1.165, 1.54) is 48.5 Å². The molecule has 1 unspecified atom stereocenters. The van der Waals surface area contributed by atoms with Gasteiger partial charge in [0.15, 0.2) is 0 Å². The normalized spacial score (nSPS) is 15.4. The number of carbonyl (C=O) groups excluding carboxylic acids is 4. The highest BCUT2D eigenvalue weighted by Crippen LogP contribution is 2.27. The van der Waals surface area contributed by atoms with E-state index < -0.39 is 47.7 Å². The van der Waals surface area contributed by atoms with Crippen molar-refractivity contribution in [3.8, 4) is 0 Å². The van der Waals surface area contributed by atoms with Crippen molar-refractivity contribution in [1.82, 2.24) is 10.4 Å². The van der Waals surface area contributed by atoms with E-state index in [4.69, 9.17) is 11.6 Å². The third-order valence-electron chi connectivity index (χ3n) is 5.18. The maximum Gasteiger partial charge on any atom is 0.274 e. The van der Waals surface area contributed by atoms with Crippen molar-refractivity contribution < 1.29 is 28.0 Å². The average Bonchev–Trinajstić information content (AvgIpc) is 3.11. The Morgan fingerprint density at radius 2 is 1.53 bits per heavy atom. The van der Waals surface area contributed by atoms with Gasteiger partial charge in [0, 0.05) is 0 Å². The van der Waals surface area contributed by atoms with Gasteiger partial charge in [-0.2, -0.15) is 0 Å². The number of carbonyl (C=O) groups is 4. The number of nitrogens with zero attached hydrogens (tertiary/aromatic N) is 2. The lowest BCUT2D eigenvalue weighted by Gasteiger charge is -2.28. The first-order chi connectivity index (χ1) is 16.3. The molecule has 1 atom stereocenters. The average molecular weight is 484 g/mol. The molecule has 0 aliphatic carbocycles. The van der Waals surface area contributed by atoms with Crippen LogP contribution in [0.1, 0.15) is 27.1 Å². The van der Waals surface area contributed by atoms with Crippen LogP contribution in [0.2, 0.25) is 5.02 Å². The number of hydrogen-bond acceptors (Lipinski definition) is 4. The van der Waals surface area contributed by atoms with Gasteiger partial charge in [0.25, 0.3) is 17.7 Å². The van der Waals surface area contributed by atoms with Gasteiger partial charge in [0.1, 0.15) is 17.7 Å². The quantitative estimate of drug-likeness (QED) is 0.452. The Kier molecular flexibility index (Phi) is 6.38. The van der Waals surface area contributed by atoms with Gasteiger partial charge in [-0.1, -0.05) is 35.9 Å². The first-order valence-electron chi connectivity index (χ1n) is 10.0. The van der Waals surface area contributed by atoms with Crippen LogP contribution in [0.5, 0.6) is 0 Å². The topological polar surface area (TPSA) is 86.8 Å². The van der Waals surface area contributed by atoms with Crippen molar-refractivity contribution in [2.45, 2.75) is 12.5 Å². The SMILES string of the molecule is O=C(NN(C(=O)c1ccccc1Cl)C1CC(=O)N(c2ccc(F)cc2)C1=O)c1ccccc1F. The van der Waals surface area contributed by atoms with Crippen molar-refractivity contribution in [3.05, 3.63) is 101 Å². The molecule has 0 spiro atoms. The number of hydrazine groups is 1. The highest BCUT2D eigenvalue weighted by atomic mass is 35.5. The summed E-state index contributed by atoms with van der Waals surface area (Å²) in [5, 5.41) is 0.726. The van der Waals surface area contributed by atoms with E-state index in [0.717, 1.165) is 23.1 Å². The first-order valence-corrected chi connectivity index (χ1v) is 10.4. The zero-order valence-corrected chi connectivity index (χ0v) is 18.1. The summed E-state index contributed by atoms with van der Waals surface area (Å²) < 4.78 is 27.5. The monoisotopic (exact) mass is 483 g/mol. The van der Waals surface area contributed by atoms with Crippen LogP contribution < -0.4 is 10.3 Å². The Morgan fingerprint density at radius 1 is 0.912 bits per heavy atom. The van der Waals surface area contributed by atoms with Crippen LogP contribution in [0.3, 0.4) is 0 Å². The summed E-state index contributed by atoms with van der Waals surface area (Å²) in [6.07, 6.45) is -0.468. The Bertz CT molecular complexity index is 1300. The van der Waals surface area contributed by atoms with Gasteiger partial charge in [0.2, 0.25) is 5.91 Å². The molecule has 1 heterocycles. The zero-order chi connectivity index (χ0) is 24.4. The molecule has 4 amide bonds. The van der Waals surface area contributed by atoms with E-state index in [1.807, 2.05) is 0 Å². The molecule has 0 saturated carbocycles. The molecule has 34 heavy (non-hydrogen) atoms. The second-order valence-corrected chi connectivity index (χ2v) is 7.75. The molecule has 7 nitrogen and oxygen atoms in total. The standard InChI is InChI=1S/C24H16ClF2N3O4/c25-18-7-3-1-5-16(18)23(33)30(28-22(32)17-6-2-4-8-19(17)27)20-13-21(31)29(24(20)34)15-11-9-14(26)10-12-15/h1-12,20H,13H2,(H,28,32). The molecule has 1 aliphatic rings. The smallest absolute Gasteiger partial charge is 0.274 e. The number of hydrogen-bond donors (Lipinski definition) is 1. The molecule has 3 aromatic carbocycles. The minimum absolute atomic E-state index is 0.0431. The van der Waals surface area contributed by atoms with Crippen LogP contribution in [0.25, 0.3) is 0 Å². The van der Waals surface area contributed by atoms with Crippen molar-refractivity contribution in [3.63, 3.8) is 0 Å². The van der Waals surface area contributed by atoms with Crippen LogP contribution in [-0.2, 0) is 9.59 Å². The predicted molar refractivity (Wildman–Crippen MR) is 119 cm³/mol. The first kappa shape index (κ1) is 23.1. The van der Waals surface area contributed by atoms with E-state index in [-0.39, 0.29) is 21.8 Å². The molecule has 1 fully saturated rings. The van der Waals surface area contributed by atoms with Gasteiger partial charge in [-0.05, 0) is 48.5 Å². The summed E-state index contributed by atoms with van der Waals surface area (Å²) in [6.45, 7) is 0. The molecule has 3 aromatic rings. The van der Waals surface area contributed by atoms with Gasteiger partial charge < -0.3 is 0 Å². The lowest BCUT2D eigenvalue weighted by atomic mass is 10.1. The molecule has 0 radical (unpaired) electrons. The highest BCUT2D eigenvalue weighted by Gasteiger charge is 2.46. The molecule has 4 rings (SSSR count). The van der Waals surface area contributed by atoms with Gasteiger partial charge >= 0.3 is 0 Å². The minimum atomic E-state index is -1.45. The third-order valence-corrected chi connectivity index (χ3v) is 5.51. The number of amides is 4. The second kappa shape index (κ2) is 9.40. The molecular weight excluding hydrogens is 468 g/mol. The molecular formula is C24H16ClF2N3O4. The van der Waals surface area contributed by atoms with Gasteiger partial charge in [-0.25, -0.2) is 18.7 Å². The largest absolute Gasteiger partial charge is 0.274 e. The Balaban J connectivity index is 1.71. The number of anilines is 1. The van der Waals surface area contributed by atoms with E-state index in [9.17, 15) is 28.0 Å². The molecule has 1 saturated heterocycles. The van der Waals surface area contributed by atoms with Crippen LogP contribution in [-0.4, -0.2) is 34.7 Å². The minimum Gasteiger partial charge on any atom is -0.274 e. The Labute approximate surface area is 197 Å². The number of halogens is 3. The second-order valence-electron chi connectivity index (χ2n) is 7.34. The number of rotatable bonds is 4. The maximum atomic E-state index is 14.2. The summed E-state index contributed by atoms with van der Waals surface area (Å²) >= 11 is 6.14. The molecule has 0 bridgehead atoms. The third kappa shape index (κ3) is 4.38. The van der Waals surface area contributed by atoms with E-state index in [1.54, 1.807) is 6.07 Å². The number of benzene rings is 3. The summed E-state index contributed by atoms with van der Waals surface area (Å²) in [5.41, 5.74) is 1.95.